The molecule has 0 N–H and O–H groups in total. The molecule has 0 atom stereocenters. The molecule has 0 amide bonds. The van der Waals surface area contributed by atoms with Crippen molar-refractivity contribution in [3.63, 3.8) is 0 Å². The van der Waals surface area contributed by atoms with Crippen molar-refractivity contribution in [1.29, 1.82) is 0 Å². The van der Waals surface area contributed by atoms with Crippen molar-refractivity contribution in [2.75, 3.05) is 11.5 Å². The number of carbonyl (C=O) groups is 1. The van der Waals surface area contributed by atoms with Gasteiger partial charge >= 0.3 is 0 Å². The van der Waals surface area contributed by atoms with Crippen LogP contribution < -0.4 is 9.64 Å². The fraction of sp³-hybridized carbons (Fsp3) is 0.0870. The van der Waals surface area contributed by atoms with Crippen LogP contribution in [0.1, 0.15) is 17.3 Å². The van der Waals surface area contributed by atoms with Crippen LogP contribution in [0.3, 0.4) is 0 Å². The lowest BCUT2D eigenvalue weighted by Crippen LogP contribution is -2.25. The van der Waals surface area contributed by atoms with E-state index in [1.165, 1.54) is 12.3 Å². The lowest BCUT2D eigenvalue weighted by molar-refractivity contribution is 0.104. The number of hydrogen-bond acceptors (Lipinski definition) is 5. The van der Waals surface area contributed by atoms with E-state index in [9.17, 15) is 13.2 Å². The minimum Gasteiger partial charge on any atom is -0.494 e. The highest BCUT2D eigenvalue weighted by atomic mass is 35.5. The van der Waals surface area contributed by atoms with Gasteiger partial charge in [-0.05, 0) is 61.5 Å². The van der Waals surface area contributed by atoms with E-state index in [1.54, 1.807) is 65.6 Å². The van der Waals surface area contributed by atoms with Crippen molar-refractivity contribution in [2.45, 2.75) is 11.8 Å². The Morgan fingerprint density at radius 2 is 1.68 bits per heavy atom. The lowest BCUT2D eigenvalue weighted by atomic mass is 10.1. The monoisotopic (exact) mass is 473 g/mol. The lowest BCUT2D eigenvalue weighted by Gasteiger charge is -2.29. The van der Waals surface area contributed by atoms with Gasteiger partial charge in [-0.3, -0.25) is 4.79 Å². The summed E-state index contributed by atoms with van der Waals surface area (Å²) in [4.78, 5) is 14.6. The van der Waals surface area contributed by atoms with E-state index in [0.29, 0.717) is 33.8 Å². The van der Waals surface area contributed by atoms with Gasteiger partial charge in [-0.1, -0.05) is 35.3 Å². The average molecular weight is 474 g/mol. The van der Waals surface area contributed by atoms with Crippen LogP contribution in [0.4, 0.5) is 11.4 Å². The molecule has 31 heavy (non-hydrogen) atoms. The zero-order valence-electron chi connectivity index (χ0n) is 16.4. The van der Waals surface area contributed by atoms with Crippen molar-refractivity contribution in [3.05, 3.63) is 93.4 Å². The van der Waals surface area contributed by atoms with Crippen molar-refractivity contribution >= 4 is 50.2 Å². The van der Waals surface area contributed by atoms with E-state index >= 15 is 0 Å². The van der Waals surface area contributed by atoms with Gasteiger partial charge in [0.25, 0.3) is 0 Å². The van der Waals surface area contributed by atoms with Gasteiger partial charge in [-0.25, -0.2) is 8.42 Å². The molecule has 4 rings (SSSR count). The SMILES string of the molecule is CCOc1ccc(C(=O)C2=CN(c3ccc(Cl)c(Cl)c3)c3ccccc3S2(=O)=O)cc1. The summed E-state index contributed by atoms with van der Waals surface area (Å²) in [6.07, 6.45) is 1.33. The number of hydrogen-bond donors (Lipinski definition) is 0. The number of benzene rings is 3. The van der Waals surface area contributed by atoms with E-state index < -0.39 is 15.6 Å². The van der Waals surface area contributed by atoms with Crippen LogP contribution in [0.25, 0.3) is 0 Å². The van der Waals surface area contributed by atoms with E-state index in [1.807, 2.05) is 6.92 Å². The molecule has 0 saturated carbocycles. The summed E-state index contributed by atoms with van der Waals surface area (Å²) in [7, 11) is -4.03. The molecule has 5 nitrogen and oxygen atoms in total. The number of anilines is 2. The van der Waals surface area contributed by atoms with Crippen LogP contribution in [-0.4, -0.2) is 20.8 Å². The molecule has 0 bridgehead atoms. The largest absolute Gasteiger partial charge is 0.494 e. The fourth-order valence-electron chi connectivity index (χ4n) is 3.30. The first-order chi connectivity index (χ1) is 14.8. The zero-order valence-corrected chi connectivity index (χ0v) is 18.7. The minimum absolute atomic E-state index is 0.0397. The topological polar surface area (TPSA) is 63.7 Å². The number of Topliss-reactive ketones (excluding diaryl/α,β-unsaturated/α-hetero) is 1. The number of allylic oxidation sites excluding steroid dienone is 1. The minimum atomic E-state index is -4.03. The molecule has 0 spiro atoms. The van der Waals surface area contributed by atoms with Crippen LogP contribution in [0.5, 0.6) is 5.75 Å². The first kappa shape index (κ1) is 21.4. The first-order valence-electron chi connectivity index (χ1n) is 9.40. The van der Waals surface area contributed by atoms with Gasteiger partial charge < -0.3 is 9.64 Å². The van der Waals surface area contributed by atoms with Crippen LogP contribution in [-0.2, 0) is 9.84 Å². The molecule has 3 aromatic carbocycles. The van der Waals surface area contributed by atoms with Gasteiger partial charge in [-0.15, -0.1) is 0 Å². The molecular formula is C23H17Cl2NO4S. The maximum Gasteiger partial charge on any atom is 0.214 e. The number of nitrogens with zero attached hydrogens (tertiary/aromatic N) is 1. The average Bonchev–Trinajstić information content (AvgIpc) is 2.76. The van der Waals surface area contributed by atoms with Crippen molar-refractivity contribution in [2.24, 2.45) is 0 Å². The molecule has 1 aliphatic heterocycles. The van der Waals surface area contributed by atoms with E-state index in [4.69, 9.17) is 27.9 Å². The number of ether oxygens (including phenoxy) is 1. The molecule has 0 aliphatic carbocycles. The number of ketones is 1. The maximum atomic E-state index is 13.3. The molecule has 8 heteroatoms. The molecule has 0 saturated heterocycles. The van der Waals surface area contributed by atoms with Crippen LogP contribution in [0, 0.1) is 0 Å². The number of sulfone groups is 1. The fourth-order valence-corrected chi connectivity index (χ4v) is 5.13. The first-order valence-corrected chi connectivity index (χ1v) is 11.6. The standard InChI is InChI=1S/C23H17Cl2NO4S/c1-2-30-17-10-7-15(8-11-17)23(27)22-14-26(16-9-12-18(24)19(25)13-16)20-5-3-4-6-21(20)31(22,28)29/h3-14H,2H2,1H3. The van der Waals surface area contributed by atoms with Gasteiger partial charge in [0.15, 0.2) is 0 Å². The Morgan fingerprint density at radius 3 is 2.35 bits per heavy atom. The Hall–Kier alpha value is -2.80. The molecule has 0 unspecified atom stereocenters. The summed E-state index contributed by atoms with van der Waals surface area (Å²) < 4.78 is 32.0. The van der Waals surface area contributed by atoms with E-state index in [-0.39, 0.29) is 15.4 Å². The number of halogens is 2. The summed E-state index contributed by atoms with van der Waals surface area (Å²) in [6, 6.07) is 17.8. The van der Waals surface area contributed by atoms with E-state index in [2.05, 4.69) is 0 Å². The van der Waals surface area contributed by atoms with Gasteiger partial charge in [-0.2, -0.15) is 0 Å². The molecule has 158 valence electrons. The third-order valence-corrected chi connectivity index (χ3v) is 7.32. The third-order valence-electron chi connectivity index (χ3n) is 4.78. The zero-order chi connectivity index (χ0) is 22.2. The molecule has 1 aliphatic rings. The Balaban J connectivity index is 1.85. The molecule has 1 heterocycles. The summed E-state index contributed by atoms with van der Waals surface area (Å²) in [6.45, 7) is 2.34. The van der Waals surface area contributed by atoms with Crippen LogP contribution >= 0.6 is 23.2 Å². The third kappa shape index (κ3) is 3.94. The second kappa shape index (κ2) is 8.38. The van der Waals surface area contributed by atoms with Gasteiger partial charge in [0.1, 0.15) is 10.7 Å². The summed E-state index contributed by atoms with van der Waals surface area (Å²) in [5.41, 5.74) is 1.24. The molecule has 0 aromatic heterocycles. The highest BCUT2D eigenvalue weighted by Gasteiger charge is 2.36. The van der Waals surface area contributed by atoms with Crippen molar-refractivity contribution in [3.8, 4) is 5.75 Å². The van der Waals surface area contributed by atoms with Crippen LogP contribution in [0.15, 0.2) is 82.7 Å². The summed E-state index contributed by atoms with van der Waals surface area (Å²) in [5, 5.41) is 0.691. The molecule has 0 fully saturated rings. The quantitative estimate of drug-likeness (QED) is 0.422. The molecule has 0 radical (unpaired) electrons. The normalized spacial score (nSPS) is 14.5. The number of fused-ring (bicyclic) bond motifs is 1. The summed E-state index contributed by atoms with van der Waals surface area (Å²) in [5.74, 6) is -0.00933. The van der Waals surface area contributed by atoms with Gasteiger partial charge in [0, 0.05) is 17.5 Å². The highest BCUT2D eigenvalue weighted by molar-refractivity contribution is 7.96. The Morgan fingerprint density at radius 1 is 0.968 bits per heavy atom. The Bertz CT molecular complexity index is 1300. The number of para-hydroxylation sites is 1. The van der Waals surface area contributed by atoms with Crippen molar-refractivity contribution in [1.82, 2.24) is 0 Å². The number of carbonyl (C=O) groups excluding carboxylic acids is 1. The van der Waals surface area contributed by atoms with Crippen molar-refractivity contribution < 1.29 is 17.9 Å². The second-order valence-electron chi connectivity index (χ2n) is 6.72. The Kier molecular flexibility index (Phi) is 5.79. The molecular weight excluding hydrogens is 457 g/mol. The predicted octanol–water partition coefficient (Wildman–Crippen LogP) is 6.04. The highest BCUT2D eigenvalue weighted by Crippen LogP contribution is 2.41. The summed E-state index contributed by atoms with van der Waals surface area (Å²) >= 11 is 12.2. The maximum absolute atomic E-state index is 13.3. The predicted molar refractivity (Wildman–Crippen MR) is 122 cm³/mol. The second-order valence-corrected chi connectivity index (χ2v) is 9.42. The smallest absolute Gasteiger partial charge is 0.214 e. The van der Waals surface area contributed by atoms with E-state index in [0.717, 1.165) is 0 Å². The van der Waals surface area contributed by atoms with Crippen LogP contribution in [0.2, 0.25) is 10.0 Å². The van der Waals surface area contributed by atoms with Gasteiger partial charge in [0.05, 0.1) is 27.2 Å². The van der Waals surface area contributed by atoms with Gasteiger partial charge in [0.2, 0.25) is 15.6 Å². The number of rotatable bonds is 5. The molecule has 3 aromatic rings. The Labute approximate surface area is 190 Å².